The van der Waals surface area contributed by atoms with Crippen molar-refractivity contribution < 1.29 is 33.5 Å². The van der Waals surface area contributed by atoms with Crippen molar-refractivity contribution in [3.05, 3.63) is 0 Å². The van der Waals surface area contributed by atoms with Crippen molar-refractivity contribution in [2.24, 2.45) is 5.92 Å². The first-order valence-corrected chi connectivity index (χ1v) is 12.7. The highest BCUT2D eigenvalue weighted by molar-refractivity contribution is 5.98. The van der Waals surface area contributed by atoms with Gasteiger partial charge in [0, 0.05) is 26.1 Å². The van der Waals surface area contributed by atoms with Gasteiger partial charge in [-0.25, -0.2) is 0 Å². The van der Waals surface area contributed by atoms with Gasteiger partial charge in [0.2, 0.25) is 29.5 Å². The third kappa shape index (κ3) is 6.33. The average Bonchev–Trinajstić information content (AvgIpc) is 3.53. The molecule has 3 N–H and O–H groups in total. The number of hydrogen-bond acceptors (Lipinski definition) is 7. The van der Waals surface area contributed by atoms with Crippen LogP contribution in [-0.2, 0) is 33.5 Å². The Kier molecular flexibility index (Phi) is 9.27. The van der Waals surface area contributed by atoms with Gasteiger partial charge in [-0.1, -0.05) is 13.8 Å². The van der Waals surface area contributed by atoms with Crippen molar-refractivity contribution in [2.75, 3.05) is 26.7 Å². The number of carbonyl (C=O) groups is 6. The van der Waals surface area contributed by atoms with Crippen LogP contribution in [0.25, 0.3) is 0 Å². The minimum absolute atomic E-state index is 0.115. The normalized spacial score (nSPS) is 27.3. The fourth-order valence-electron chi connectivity index (χ4n) is 5.03. The standard InChI is InChI=1S/C24H37N5O7/c1-14(2)20-23(34)26-15(21(32)25-10-4-9-19(31)36-3)13-18(30)28-11-6-8-17(28)24(35)29-12-5-7-16(29)22(33)27-20/h14-17,20H,4-13H2,1-3H3,(H,25,32)(H,26,34)(H,27,33)/t15-,16+,17-,20+/m1/s1. The summed E-state index contributed by atoms with van der Waals surface area (Å²) in [6.07, 6.45) is 2.41. The third-order valence-corrected chi connectivity index (χ3v) is 7.04. The van der Waals surface area contributed by atoms with Crippen LogP contribution in [0.1, 0.15) is 58.8 Å². The maximum atomic E-state index is 13.4. The van der Waals surface area contributed by atoms with E-state index in [-0.39, 0.29) is 31.2 Å². The Bertz CT molecular complexity index is 882. The van der Waals surface area contributed by atoms with E-state index < -0.39 is 53.8 Å². The van der Waals surface area contributed by atoms with Gasteiger partial charge in [0.05, 0.1) is 13.5 Å². The molecule has 3 aliphatic rings. The number of nitrogens with zero attached hydrogens (tertiary/aromatic N) is 2. The summed E-state index contributed by atoms with van der Waals surface area (Å²) >= 11 is 0. The Morgan fingerprint density at radius 3 is 2.33 bits per heavy atom. The van der Waals surface area contributed by atoms with Crippen LogP contribution in [0.2, 0.25) is 0 Å². The van der Waals surface area contributed by atoms with Crippen molar-refractivity contribution in [2.45, 2.75) is 83.0 Å². The van der Waals surface area contributed by atoms with Crippen molar-refractivity contribution >= 4 is 35.5 Å². The molecule has 200 valence electrons. The van der Waals surface area contributed by atoms with Crippen LogP contribution in [0.15, 0.2) is 0 Å². The van der Waals surface area contributed by atoms with Crippen LogP contribution in [0, 0.1) is 5.92 Å². The van der Waals surface area contributed by atoms with Crippen molar-refractivity contribution in [1.82, 2.24) is 25.8 Å². The highest BCUT2D eigenvalue weighted by Gasteiger charge is 2.44. The molecule has 0 spiro atoms. The second-order valence-corrected chi connectivity index (χ2v) is 9.90. The van der Waals surface area contributed by atoms with Gasteiger partial charge < -0.3 is 30.5 Å². The molecule has 5 amide bonds. The number of ether oxygens (including phenoxy) is 1. The van der Waals surface area contributed by atoms with E-state index in [1.165, 1.54) is 16.9 Å². The van der Waals surface area contributed by atoms with Gasteiger partial charge in [-0.2, -0.15) is 0 Å². The second-order valence-electron chi connectivity index (χ2n) is 9.90. The molecule has 0 radical (unpaired) electrons. The van der Waals surface area contributed by atoms with Crippen LogP contribution < -0.4 is 16.0 Å². The van der Waals surface area contributed by atoms with E-state index in [1.807, 2.05) is 0 Å². The van der Waals surface area contributed by atoms with Crippen molar-refractivity contribution in [1.29, 1.82) is 0 Å². The fraction of sp³-hybridized carbons (Fsp3) is 0.750. The minimum atomic E-state index is -1.20. The van der Waals surface area contributed by atoms with E-state index in [9.17, 15) is 28.8 Å². The second kappa shape index (κ2) is 12.2. The van der Waals surface area contributed by atoms with Crippen LogP contribution in [0.3, 0.4) is 0 Å². The molecule has 0 saturated carbocycles. The first-order chi connectivity index (χ1) is 17.1. The highest BCUT2D eigenvalue weighted by atomic mass is 16.5. The lowest BCUT2D eigenvalue weighted by molar-refractivity contribution is -0.147. The molecule has 4 atom stereocenters. The highest BCUT2D eigenvalue weighted by Crippen LogP contribution is 2.26. The molecule has 0 aliphatic carbocycles. The van der Waals surface area contributed by atoms with Gasteiger partial charge in [-0.15, -0.1) is 0 Å². The molecule has 12 heteroatoms. The molecule has 0 aromatic heterocycles. The van der Waals surface area contributed by atoms with E-state index >= 15 is 0 Å². The lowest BCUT2D eigenvalue weighted by Crippen LogP contribution is -2.58. The first-order valence-electron chi connectivity index (χ1n) is 12.7. The quantitative estimate of drug-likeness (QED) is 0.310. The summed E-state index contributed by atoms with van der Waals surface area (Å²) < 4.78 is 4.58. The number of fused-ring (bicyclic) bond motifs is 2. The zero-order valence-corrected chi connectivity index (χ0v) is 21.2. The summed E-state index contributed by atoms with van der Waals surface area (Å²) in [5.41, 5.74) is 0. The predicted molar refractivity (Wildman–Crippen MR) is 127 cm³/mol. The summed E-state index contributed by atoms with van der Waals surface area (Å²) in [5, 5.41) is 8.07. The summed E-state index contributed by atoms with van der Waals surface area (Å²) in [6, 6.07) is -3.52. The summed E-state index contributed by atoms with van der Waals surface area (Å²) in [5.74, 6) is -2.93. The molecular formula is C24H37N5O7. The van der Waals surface area contributed by atoms with E-state index in [2.05, 4.69) is 20.7 Å². The number of nitrogens with one attached hydrogen (secondary N) is 3. The van der Waals surface area contributed by atoms with Crippen molar-refractivity contribution in [3.8, 4) is 0 Å². The van der Waals surface area contributed by atoms with Gasteiger partial charge in [0.25, 0.3) is 0 Å². The number of hydrogen-bond donors (Lipinski definition) is 3. The minimum Gasteiger partial charge on any atom is -0.469 e. The van der Waals surface area contributed by atoms with Crippen molar-refractivity contribution in [3.63, 3.8) is 0 Å². The Morgan fingerprint density at radius 2 is 1.67 bits per heavy atom. The number of amides is 5. The molecule has 12 nitrogen and oxygen atoms in total. The smallest absolute Gasteiger partial charge is 0.305 e. The molecule has 3 fully saturated rings. The number of carbonyl (C=O) groups excluding carboxylic acids is 6. The molecule has 0 aromatic rings. The lowest BCUT2D eigenvalue weighted by atomic mass is 10.0. The van der Waals surface area contributed by atoms with Gasteiger partial charge in [-0.05, 0) is 38.0 Å². The Balaban J connectivity index is 1.84. The molecule has 3 rings (SSSR count). The van der Waals surface area contributed by atoms with Crippen LogP contribution in [-0.4, -0.2) is 96.2 Å². The first kappa shape index (κ1) is 27.4. The Hall–Kier alpha value is -3.18. The molecule has 36 heavy (non-hydrogen) atoms. The van der Waals surface area contributed by atoms with Crippen LogP contribution in [0.4, 0.5) is 0 Å². The number of methoxy groups -OCH3 is 1. The molecule has 0 bridgehead atoms. The molecule has 3 saturated heterocycles. The third-order valence-electron chi connectivity index (χ3n) is 7.04. The van der Waals surface area contributed by atoms with Gasteiger partial charge >= 0.3 is 5.97 Å². The predicted octanol–water partition coefficient (Wildman–Crippen LogP) is -0.933. The molecule has 3 heterocycles. The maximum absolute atomic E-state index is 13.4. The largest absolute Gasteiger partial charge is 0.469 e. The van der Waals surface area contributed by atoms with Crippen LogP contribution >= 0.6 is 0 Å². The Labute approximate surface area is 210 Å². The van der Waals surface area contributed by atoms with E-state index in [0.717, 1.165) is 0 Å². The van der Waals surface area contributed by atoms with Crippen LogP contribution in [0.5, 0.6) is 0 Å². The zero-order chi connectivity index (χ0) is 26.4. The lowest BCUT2D eigenvalue weighted by Gasteiger charge is -2.31. The van der Waals surface area contributed by atoms with E-state index in [1.54, 1.807) is 13.8 Å². The molecule has 0 aromatic carbocycles. The SMILES string of the molecule is COC(=O)CCCNC(=O)[C@H]1CC(=O)N2CCC[C@@H]2C(=O)N2CCC[C@H]2C(=O)N[C@@H](C(C)C)C(=O)N1. The summed E-state index contributed by atoms with van der Waals surface area (Å²) in [6.45, 7) is 4.48. The average molecular weight is 508 g/mol. The number of esters is 1. The molecule has 0 unspecified atom stereocenters. The summed E-state index contributed by atoms with van der Waals surface area (Å²) in [7, 11) is 1.28. The topological polar surface area (TPSA) is 154 Å². The van der Waals surface area contributed by atoms with Gasteiger partial charge in [-0.3, -0.25) is 28.8 Å². The Morgan fingerprint density at radius 1 is 1.00 bits per heavy atom. The number of rotatable bonds is 6. The fourth-order valence-corrected chi connectivity index (χ4v) is 5.03. The van der Waals surface area contributed by atoms with E-state index in [4.69, 9.17) is 0 Å². The zero-order valence-electron chi connectivity index (χ0n) is 21.2. The maximum Gasteiger partial charge on any atom is 0.305 e. The molecule has 3 aliphatic heterocycles. The molecular weight excluding hydrogens is 470 g/mol. The monoisotopic (exact) mass is 507 g/mol. The van der Waals surface area contributed by atoms with Gasteiger partial charge in [0.15, 0.2) is 0 Å². The van der Waals surface area contributed by atoms with E-state index in [0.29, 0.717) is 45.2 Å². The van der Waals surface area contributed by atoms with Gasteiger partial charge in [0.1, 0.15) is 24.2 Å². The summed E-state index contributed by atoms with van der Waals surface area (Å²) in [4.78, 5) is 80.3.